The molecule has 0 saturated carbocycles. The minimum absolute atomic E-state index is 0.0574. The number of alkyl halides is 3. The van der Waals surface area contributed by atoms with Gasteiger partial charge in [0.1, 0.15) is 5.75 Å². The average molecular weight is 313 g/mol. The highest BCUT2D eigenvalue weighted by atomic mass is 79.9. The number of hydrogen-bond donors (Lipinski definition) is 1. The lowest BCUT2D eigenvalue weighted by Gasteiger charge is -2.19. The zero-order chi connectivity index (χ0) is 13.3. The molecule has 0 amide bonds. The average Bonchev–Trinajstić information content (AvgIpc) is 2.13. The smallest absolute Gasteiger partial charge is 0.422 e. The van der Waals surface area contributed by atoms with E-state index in [0.29, 0.717) is 10.0 Å². The summed E-state index contributed by atoms with van der Waals surface area (Å²) in [6.45, 7) is 1.73. The molecule has 2 nitrogen and oxygen atoms in total. The van der Waals surface area contributed by atoms with E-state index < -0.39 is 18.4 Å². The van der Waals surface area contributed by atoms with E-state index in [1.54, 1.807) is 26.0 Å². The van der Waals surface area contributed by atoms with Crippen LogP contribution >= 0.6 is 15.9 Å². The van der Waals surface area contributed by atoms with Crippen molar-refractivity contribution in [2.45, 2.75) is 25.6 Å². The lowest BCUT2D eigenvalue weighted by molar-refractivity contribution is -0.153. The molecular formula is C11H12BrF3O2. The van der Waals surface area contributed by atoms with Gasteiger partial charge in [0.15, 0.2) is 6.61 Å². The summed E-state index contributed by atoms with van der Waals surface area (Å²) >= 11 is 3.09. The van der Waals surface area contributed by atoms with Crippen molar-refractivity contribution in [3.05, 3.63) is 28.2 Å². The SMILES string of the molecule is CC(C)(O)c1ccc(Br)c(OCC(F)(F)F)c1. The molecule has 0 unspecified atom stereocenters. The first-order chi connectivity index (χ1) is 7.59. The fourth-order valence-corrected chi connectivity index (χ4v) is 1.52. The molecule has 1 rings (SSSR count). The number of ether oxygens (including phenoxy) is 1. The van der Waals surface area contributed by atoms with Gasteiger partial charge < -0.3 is 9.84 Å². The van der Waals surface area contributed by atoms with Crippen LogP contribution in [0.3, 0.4) is 0 Å². The van der Waals surface area contributed by atoms with Crippen molar-refractivity contribution in [1.82, 2.24) is 0 Å². The molecule has 1 aromatic rings. The molecule has 0 bridgehead atoms. The third-order valence-corrected chi connectivity index (χ3v) is 2.68. The molecule has 1 aromatic carbocycles. The van der Waals surface area contributed by atoms with Gasteiger partial charge in [0.05, 0.1) is 10.1 Å². The van der Waals surface area contributed by atoms with Crippen LogP contribution in [0.25, 0.3) is 0 Å². The molecule has 0 aliphatic carbocycles. The molecule has 0 heterocycles. The Kier molecular flexibility index (Phi) is 4.09. The van der Waals surface area contributed by atoms with E-state index in [0.717, 1.165) is 0 Å². The van der Waals surface area contributed by atoms with E-state index in [4.69, 9.17) is 0 Å². The van der Waals surface area contributed by atoms with E-state index in [2.05, 4.69) is 20.7 Å². The molecule has 0 spiro atoms. The lowest BCUT2D eigenvalue weighted by Crippen LogP contribution is -2.20. The number of halogens is 4. The van der Waals surface area contributed by atoms with Gasteiger partial charge in [-0.05, 0) is 47.5 Å². The maximum Gasteiger partial charge on any atom is 0.422 e. The van der Waals surface area contributed by atoms with Gasteiger partial charge in [0.2, 0.25) is 0 Å². The number of rotatable bonds is 3. The zero-order valence-electron chi connectivity index (χ0n) is 9.31. The van der Waals surface area contributed by atoms with Crippen LogP contribution in [-0.4, -0.2) is 17.9 Å². The number of aliphatic hydroxyl groups is 1. The summed E-state index contributed by atoms with van der Waals surface area (Å²) in [6, 6.07) is 4.54. The van der Waals surface area contributed by atoms with Gasteiger partial charge in [-0.25, -0.2) is 0 Å². The molecule has 0 aromatic heterocycles. The van der Waals surface area contributed by atoms with Crippen molar-refractivity contribution >= 4 is 15.9 Å². The van der Waals surface area contributed by atoms with Crippen molar-refractivity contribution in [3.8, 4) is 5.75 Å². The van der Waals surface area contributed by atoms with Crippen molar-refractivity contribution in [2.24, 2.45) is 0 Å². The third kappa shape index (κ3) is 4.55. The highest BCUT2D eigenvalue weighted by molar-refractivity contribution is 9.10. The van der Waals surface area contributed by atoms with Crippen molar-refractivity contribution in [1.29, 1.82) is 0 Å². The Morgan fingerprint density at radius 1 is 1.29 bits per heavy atom. The van der Waals surface area contributed by atoms with Crippen molar-refractivity contribution in [2.75, 3.05) is 6.61 Å². The molecule has 96 valence electrons. The fourth-order valence-electron chi connectivity index (χ4n) is 1.15. The summed E-state index contributed by atoms with van der Waals surface area (Å²) in [4.78, 5) is 0. The maximum atomic E-state index is 12.0. The monoisotopic (exact) mass is 312 g/mol. The second kappa shape index (κ2) is 4.86. The Morgan fingerprint density at radius 2 is 1.88 bits per heavy atom. The van der Waals surface area contributed by atoms with Crippen molar-refractivity contribution < 1.29 is 23.0 Å². The van der Waals surface area contributed by atoms with Gasteiger partial charge >= 0.3 is 6.18 Å². The van der Waals surface area contributed by atoms with E-state index in [9.17, 15) is 18.3 Å². The van der Waals surface area contributed by atoms with E-state index >= 15 is 0 Å². The highest BCUT2D eigenvalue weighted by Crippen LogP contribution is 2.31. The van der Waals surface area contributed by atoms with E-state index in [1.807, 2.05) is 0 Å². The van der Waals surface area contributed by atoms with Crippen molar-refractivity contribution in [3.63, 3.8) is 0 Å². The summed E-state index contributed by atoms with van der Waals surface area (Å²) < 4.78 is 41.1. The van der Waals surface area contributed by atoms with Gasteiger partial charge in [-0.1, -0.05) is 6.07 Å². The molecule has 0 aliphatic heterocycles. The summed E-state index contributed by atoms with van der Waals surface area (Å²) in [5.74, 6) is 0.0574. The predicted octanol–water partition coefficient (Wildman–Crippen LogP) is 3.62. The van der Waals surface area contributed by atoms with Crippen LogP contribution in [0.2, 0.25) is 0 Å². The molecule has 0 aliphatic rings. The highest BCUT2D eigenvalue weighted by Gasteiger charge is 2.29. The molecular weight excluding hydrogens is 301 g/mol. The van der Waals surface area contributed by atoms with Crippen LogP contribution in [0.4, 0.5) is 13.2 Å². The first-order valence-corrected chi connectivity index (χ1v) is 5.61. The zero-order valence-corrected chi connectivity index (χ0v) is 10.9. The molecule has 1 N–H and O–H groups in total. The molecule has 17 heavy (non-hydrogen) atoms. The normalized spacial score (nSPS) is 12.6. The molecule has 0 atom stereocenters. The van der Waals surface area contributed by atoms with Crippen LogP contribution in [0, 0.1) is 0 Å². The lowest BCUT2D eigenvalue weighted by atomic mass is 9.98. The van der Waals surface area contributed by atoms with E-state index in [-0.39, 0.29) is 5.75 Å². The summed E-state index contributed by atoms with van der Waals surface area (Å²) in [6.07, 6.45) is -4.38. The summed E-state index contributed by atoms with van der Waals surface area (Å²) in [5, 5.41) is 9.74. The van der Waals surface area contributed by atoms with Gasteiger partial charge in [-0.2, -0.15) is 13.2 Å². The molecule has 0 fully saturated rings. The Hall–Kier alpha value is -0.750. The first kappa shape index (κ1) is 14.3. The topological polar surface area (TPSA) is 29.5 Å². The number of benzene rings is 1. The molecule has 0 saturated heterocycles. The Labute approximate surface area is 106 Å². The number of hydrogen-bond acceptors (Lipinski definition) is 2. The minimum Gasteiger partial charge on any atom is -0.483 e. The Bertz CT molecular complexity index is 397. The van der Waals surface area contributed by atoms with E-state index in [1.165, 1.54) is 6.07 Å². The third-order valence-electron chi connectivity index (χ3n) is 2.03. The van der Waals surface area contributed by atoms with Crippen LogP contribution < -0.4 is 4.74 Å². The van der Waals surface area contributed by atoms with Crippen LogP contribution in [0.15, 0.2) is 22.7 Å². The quantitative estimate of drug-likeness (QED) is 0.923. The van der Waals surface area contributed by atoms with Gasteiger partial charge in [-0.3, -0.25) is 0 Å². The Morgan fingerprint density at radius 3 is 2.35 bits per heavy atom. The first-order valence-electron chi connectivity index (χ1n) is 4.81. The maximum absolute atomic E-state index is 12.0. The predicted molar refractivity (Wildman–Crippen MR) is 60.9 cm³/mol. The van der Waals surface area contributed by atoms with Gasteiger partial charge in [0.25, 0.3) is 0 Å². The second-order valence-corrected chi connectivity index (χ2v) is 4.96. The molecule has 6 heteroatoms. The summed E-state index contributed by atoms with van der Waals surface area (Å²) in [7, 11) is 0. The minimum atomic E-state index is -4.38. The largest absolute Gasteiger partial charge is 0.483 e. The van der Waals surface area contributed by atoms with Crippen LogP contribution in [-0.2, 0) is 5.60 Å². The standard InChI is InChI=1S/C11H12BrF3O2/c1-10(2,16)7-3-4-8(12)9(5-7)17-6-11(13,14)15/h3-5,16H,6H2,1-2H3. The van der Waals surface area contributed by atoms with Crippen LogP contribution in [0.5, 0.6) is 5.75 Å². The summed E-state index contributed by atoms with van der Waals surface area (Å²) in [5.41, 5.74) is -0.644. The Balaban J connectivity index is 2.92. The van der Waals surface area contributed by atoms with Gasteiger partial charge in [-0.15, -0.1) is 0 Å². The second-order valence-electron chi connectivity index (χ2n) is 4.11. The fraction of sp³-hybridized carbons (Fsp3) is 0.455. The molecule has 0 radical (unpaired) electrons. The van der Waals surface area contributed by atoms with Gasteiger partial charge in [0, 0.05) is 0 Å². The van der Waals surface area contributed by atoms with Crippen LogP contribution in [0.1, 0.15) is 19.4 Å².